The third-order valence-electron chi connectivity index (χ3n) is 5.42. The molecule has 6 nitrogen and oxygen atoms in total. The lowest BCUT2D eigenvalue weighted by Crippen LogP contribution is -2.34. The average Bonchev–Trinajstić information content (AvgIpc) is 3.02. The number of piperidine rings is 1. The van der Waals surface area contributed by atoms with Crippen LogP contribution in [0.5, 0.6) is 0 Å². The van der Waals surface area contributed by atoms with Crippen molar-refractivity contribution in [1.82, 2.24) is 9.97 Å². The molecule has 11 heteroatoms. The summed E-state index contributed by atoms with van der Waals surface area (Å²) in [6.07, 6.45) is 5.40. The fraction of sp³-hybridized carbons (Fsp3) is 0.400. The molecule has 0 amide bonds. The highest BCUT2D eigenvalue weighted by molar-refractivity contribution is 8.23. The second kappa shape index (κ2) is 9.56. The SMILES string of the molecule is Cl.OCC=CC1CCN(c2nc(-c3cc(F)c(Cl)cc3F)nc3c2CS(O)(O)C3)CC1. The third kappa shape index (κ3) is 5.13. The highest BCUT2D eigenvalue weighted by Crippen LogP contribution is 2.54. The van der Waals surface area contributed by atoms with Gasteiger partial charge in [-0.3, -0.25) is 9.11 Å². The molecular weight excluding hydrogens is 471 g/mol. The van der Waals surface area contributed by atoms with E-state index in [2.05, 4.69) is 9.97 Å². The van der Waals surface area contributed by atoms with E-state index in [0.717, 1.165) is 25.0 Å². The highest BCUT2D eigenvalue weighted by atomic mass is 35.5. The van der Waals surface area contributed by atoms with Crippen molar-refractivity contribution >= 4 is 40.4 Å². The number of halogens is 4. The van der Waals surface area contributed by atoms with Crippen molar-refractivity contribution in [2.45, 2.75) is 24.3 Å². The van der Waals surface area contributed by atoms with Gasteiger partial charge in [-0.15, -0.1) is 12.4 Å². The first-order chi connectivity index (χ1) is 14.3. The van der Waals surface area contributed by atoms with E-state index in [9.17, 15) is 17.9 Å². The fourth-order valence-electron chi connectivity index (χ4n) is 3.92. The zero-order chi connectivity index (χ0) is 21.5. The first-order valence-corrected chi connectivity index (χ1v) is 11.8. The summed E-state index contributed by atoms with van der Waals surface area (Å²) in [4.78, 5) is 10.9. The minimum atomic E-state index is -2.87. The van der Waals surface area contributed by atoms with Crippen LogP contribution in [0.3, 0.4) is 0 Å². The molecule has 3 heterocycles. The van der Waals surface area contributed by atoms with E-state index < -0.39 is 22.2 Å². The van der Waals surface area contributed by atoms with E-state index in [-0.39, 0.29) is 46.9 Å². The van der Waals surface area contributed by atoms with Crippen molar-refractivity contribution in [2.24, 2.45) is 5.92 Å². The van der Waals surface area contributed by atoms with Crippen molar-refractivity contribution in [3.05, 3.63) is 52.2 Å². The lowest BCUT2D eigenvalue weighted by Gasteiger charge is -2.33. The number of aromatic nitrogens is 2. The molecule has 0 radical (unpaired) electrons. The molecule has 31 heavy (non-hydrogen) atoms. The largest absolute Gasteiger partial charge is 0.392 e. The number of hydrogen-bond donors (Lipinski definition) is 3. The van der Waals surface area contributed by atoms with Gasteiger partial charge in [0.15, 0.2) is 5.82 Å². The van der Waals surface area contributed by atoms with Crippen LogP contribution in [-0.2, 0) is 11.5 Å². The predicted octanol–water partition coefficient (Wildman–Crippen LogP) is 5.03. The molecule has 2 aromatic rings. The Balaban J connectivity index is 0.00000272. The quantitative estimate of drug-likeness (QED) is 0.408. The molecule has 0 spiro atoms. The second-order valence-corrected chi connectivity index (χ2v) is 10.2. The van der Waals surface area contributed by atoms with E-state index >= 15 is 0 Å². The van der Waals surface area contributed by atoms with Crippen LogP contribution in [0.15, 0.2) is 24.3 Å². The van der Waals surface area contributed by atoms with Gasteiger partial charge in [0.2, 0.25) is 0 Å². The van der Waals surface area contributed by atoms with Crippen molar-refractivity contribution in [3.63, 3.8) is 0 Å². The molecule has 4 rings (SSSR count). The van der Waals surface area contributed by atoms with Gasteiger partial charge in [0, 0.05) is 18.7 Å². The number of benzene rings is 1. The summed E-state index contributed by atoms with van der Waals surface area (Å²) in [5.74, 6) is -0.629. The lowest BCUT2D eigenvalue weighted by atomic mass is 9.96. The summed E-state index contributed by atoms with van der Waals surface area (Å²) in [6, 6.07) is 1.84. The maximum absolute atomic E-state index is 14.5. The molecule has 170 valence electrons. The van der Waals surface area contributed by atoms with Crippen molar-refractivity contribution in [2.75, 3.05) is 24.6 Å². The van der Waals surface area contributed by atoms with Crippen molar-refractivity contribution in [3.8, 4) is 11.4 Å². The third-order valence-corrected chi connectivity index (χ3v) is 7.19. The summed E-state index contributed by atoms with van der Waals surface area (Å²) >= 11 is 5.66. The van der Waals surface area contributed by atoms with E-state index in [0.29, 0.717) is 36.1 Å². The second-order valence-electron chi connectivity index (χ2n) is 7.57. The summed E-state index contributed by atoms with van der Waals surface area (Å²) < 4.78 is 49.0. The molecule has 2 aliphatic heterocycles. The van der Waals surface area contributed by atoms with Crippen LogP contribution in [0.4, 0.5) is 14.6 Å². The van der Waals surface area contributed by atoms with Gasteiger partial charge in [-0.25, -0.2) is 18.7 Å². The van der Waals surface area contributed by atoms with Gasteiger partial charge in [-0.1, -0.05) is 23.8 Å². The van der Waals surface area contributed by atoms with E-state index in [1.165, 1.54) is 0 Å². The maximum Gasteiger partial charge on any atom is 0.164 e. The predicted molar refractivity (Wildman–Crippen MR) is 121 cm³/mol. The highest BCUT2D eigenvalue weighted by Gasteiger charge is 2.33. The number of allylic oxidation sites excluding steroid dienone is 1. The molecule has 0 saturated carbocycles. The lowest BCUT2D eigenvalue weighted by molar-refractivity contribution is 0.340. The van der Waals surface area contributed by atoms with Crippen LogP contribution in [0.2, 0.25) is 5.02 Å². The summed E-state index contributed by atoms with van der Waals surface area (Å²) in [5.41, 5.74) is 0.982. The molecule has 0 aliphatic carbocycles. The zero-order valence-corrected chi connectivity index (χ0v) is 18.9. The molecule has 3 N–H and O–H groups in total. The van der Waals surface area contributed by atoms with Gasteiger partial charge < -0.3 is 10.0 Å². The van der Waals surface area contributed by atoms with E-state index in [1.54, 1.807) is 6.08 Å². The molecular formula is C20H23Cl2F2N3O3S. The Morgan fingerprint density at radius 1 is 1.13 bits per heavy atom. The smallest absolute Gasteiger partial charge is 0.164 e. The Kier molecular flexibility index (Phi) is 7.45. The Morgan fingerprint density at radius 3 is 2.52 bits per heavy atom. The minimum absolute atomic E-state index is 0. The van der Waals surface area contributed by atoms with Gasteiger partial charge in [0.25, 0.3) is 0 Å². The molecule has 0 unspecified atom stereocenters. The normalized spacial score (nSPS) is 19.4. The molecule has 1 fully saturated rings. The Labute approximate surface area is 191 Å². The fourth-order valence-corrected chi connectivity index (χ4v) is 5.61. The van der Waals surface area contributed by atoms with Crippen LogP contribution < -0.4 is 4.90 Å². The van der Waals surface area contributed by atoms with Crippen molar-refractivity contribution in [1.29, 1.82) is 0 Å². The molecule has 0 bridgehead atoms. The minimum Gasteiger partial charge on any atom is -0.392 e. The van der Waals surface area contributed by atoms with Gasteiger partial charge in [0.05, 0.1) is 34.4 Å². The molecule has 1 aromatic heterocycles. The van der Waals surface area contributed by atoms with Gasteiger partial charge >= 0.3 is 0 Å². The average molecular weight is 494 g/mol. The summed E-state index contributed by atoms with van der Waals surface area (Å²) in [5, 5.41) is 8.63. The Bertz CT molecular complexity index is 1000. The first kappa shape index (κ1) is 24.2. The van der Waals surface area contributed by atoms with Gasteiger partial charge in [0.1, 0.15) is 17.5 Å². The molecule has 1 aromatic carbocycles. The summed E-state index contributed by atoms with van der Waals surface area (Å²) in [7, 11) is -2.87. The number of aliphatic hydroxyl groups excluding tert-OH is 1. The van der Waals surface area contributed by atoms with Crippen LogP contribution in [0.1, 0.15) is 24.1 Å². The first-order valence-electron chi connectivity index (χ1n) is 9.58. The van der Waals surface area contributed by atoms with Crippen LogP contribution in [0, 0.1) is 17.6 Å². The van der Waals surface area contributed by atoms with E-state index in [1.807, 2.05) is 11.0 Å². The Morgan fingerprint density at radius 2 is 1.84 bits per heavy atom. The number of fused-ring (bicyclic) bond motifs is 1. The molecule has 2 aliphatic rings. The number of rotatable bonds is 4. The van der Waals surface area contributed by atoms with Crippen LogP contribution in [0.25, 0.3) is 11.4 Å². The zero-order valence-electron chi connectivity index (χ0n) is 16.5. The van der Waals surface area contributed by atoms with Crippen LogP contribution >= 0.6 is 34.6 Å². The standard InChI is InChI=1S/C20H22ClF2N3O3S.ClH/c21-15-9-16(22)13(8-17(15)23)19-24-18-11-30(28,29)10-14(18)20(25-19)26-5-3-12(4-6-26)2-1-7-27;/h1-2,8-9,12,27-29H,3-7,10-11H2;1H. The van der Waals surface area contributed by atoms with E-state index in [4.69, 9.17) is 16.7 Å². The maximum atomic E-state index is 14.5. The topological polar surface area (TPSA) is 89.7 Å². The van der Waals surface area contributed by atoms with Gasteiger partial charge in [-0.2, -0.15) is 10.6 Å². The molecule has 1 saturated heterocycles. The summed E-state index contributed by atoms with van der Waals surface area (Å²) in [6.45, 7) is 1.34. The van der Waals surface area contributed by atoms with Crippen molar-refractivity contribution < 1.29 is 23.0 Å². The van der Waals surface area contributed by atoms with Crippen LogP contribution in [-0.4, -0.2) is 43.9 Å². The number of aliphatic hydroxyl groups is 1. The number of nitrogens with zero attached hydrogens (tertiary/aromatic N) is 3. The number of anilines is 1. The molecule has 0 atom stereocenters. The Hall–Kier alpha value is -1.49. The van der Waals surface area contributed by atoms with Gasteiger partial charge in [-0.05, 0) is 30.9 Å². The monoisotopic (exact) mass is 493 g/mol. The number of hydrogen-bond acceptors (Lipinski definition) is 6.